The van der Waals surface area contributed by atoms with E-state index in [2.05, 4.69) is 11.5 Å². The standard InChI is InChI=1S/C14H17ClN2O/c1-2-7-16-8-10-17(11-9-16)14(18)12-3-5-13(15)6-4-12/h2-6H,1,7-11H2. The highest BCUT2D eigenvalue weighted by Crippen LogP contribution is 2.13. The molecular weight excluding hydrogens is 248 g/mol. The second-order valence-electron chi connectivity index (χ2n) is 4.39. The summed E-state index contributed by atoms with van der Waals surface area (Å²) in [6.07, 6.45) is 1.90. The van der Waals surface area contributed by atoms with Crippen LogP contribution in [0.5, 0.6) is 0 Å². The fraction of sp³-hybridized carbons (Fsp3) is 0.357. The van der Waals surface area contributed by atoms with E-state index >= 15 is 0 Å². The Kier molecular flexibility index (Phi) is 4.39. The molecule has 0 spiro atoms. The molecule has 0 aliphatic carbocycles. The number of amides is 1. The third-order valence-electron chi connectivity index (χ3n) is 3.14. The molecule has 3 nitrogen and oxygen atoms in total. The lowest BCUT2D eigenvalue weighted by Gasteiger charge is -2.34. The number of rotatable bonds is 3. The Bertz CT molecular complexity index is 422. The number of hydrogen-bond donors (Lipinski definition) is 0. The molecule has 1 aliphatic heterocycles. The zero-order chi connectivity index (χ0) is 13.0. The Balaban J connectivity index is 1.95. The van der Waals surface area contributed by atoms with Crippen LogP contribution in [0.4, 0.5) is 0 Å². The van der Waals surface area contributed by atoms with Crippen LogP contribution in [-0.4, -0.2) is 48.4 Å². The predicted octanol–water partition coefficient (Wildman–Crippen LogP) is 2.28. The van der Waals surface area contributed by atoms with Gasteiger partial charge in [0.05, 0.1) is 0 Å². The van der Waals surface area contributed by atoms with Gasteiger partial charge in [0.15, 0.2) is 0 Å². The van der Waals surface area contributed by atoms with Crippen molar-refractivity contribution in [3.63, 3.8) is 0 Å². The van der Waals surface area contributed by atoms with E-state index in [1.165, 1.54) is 0 Å². The maximum atomic E-state index is 12.2. The Labute approximate surface area is 113 Å². The summed E-state index contributed by atoms with van der Waals surface area (Å²) in [6, 6.07) is 7.06. The molecule has 1 aromatic carbocycles. The molecule has 1 heterocycles. The molecule has 4 heteroatoms. The van der Waals surface area contributed by atoms with Crippen molar-refractivity contribution >= 4 is 17.5 Å². The zero-order valence-corrected chi connectivity index (χ0v) is 11.1. The summed E-state index contributed by atoms with van der Waals surface area (Å²) < 4.78 is 0. The van der Waals surface area contributed by atoms with E-state index in [-0.39, 0.29) is 5.91 Å². The predicted molar refractivity (Wildman–Crippen MR) is 74.0 cm³/mol. The maximum absolute atomic E-state index is 12.2. The second kappa shape index (κ2) is 6.03. The molecule has 0 radical (unpaired) electrons. The van der Waals surface area contributed by atoms with Crippen molar-refractivity contribution in [2.24, 2.45) is 0 Å². The smallest absolute Gasteiger partial charge is 0.253 e. The van der Waals surface area contributed by atoms with Gasteiger partial charge in [-0.1, -0.05) is 17.7 Å². The molecule has 1 aliphatic rings. The summed E-state index contributed by atoms with van der Waals surface area (Å²) in [6.45, 7) is 7.98. The molecule has 0 aromatic heterocycles. The number of benzene rings is 1. The summed E-state index contributed by atoms with van der Waals surface area (Å²) in [5.74, 6) is 0.0879. The Morgan fingerprint density at radius 2 is 1.83 bits per heavy atom. The molecule has 2 rings (SSSR count). The van der Waals surface area contributed by atoms with Crippen molar-refractivity contribution in [1.29, 1.82) is 0 Å². The quantitative estimate of drug-likeness (QED) is 0.782. The molecule has 0 bridgehead atoms. The van der Waals surface area contributed by atoms with Gasteiger partial charge in [-0.15, -0.1) is 6.58 Å². The largest absolute Gasteiger partial charge is 0.336 e. The summed E-state index contributed by atoms with van der Waals surface area (Å²) in [5.41, 5.74) is 0.705. The van der Waals surface area contributed by atoms with E-state index in [1.54, 1.807) is 24.3 Å². The lowest BCUT2D eigenvalue weighted by Crippen LogP contribution is -2.48. The van der Waals surface area contributed by atoms with Gasteiger partial charge in [-0.25, -0.2) is 0 Å². The topological polar surface area (TPSA) is 23.6 Å². The monoisotopic (exact) mass is 264 g/mol. The van der Waals surface area contributed by atoms with Crippen molar-refractivity contribution < 1.29 is 4.79 Å². The van der Waals surface area contributed by atoms with Crippen LogP contribution in [-0.2, 0) is 0 Å². The van der Waals surface area contributed by atoms with Crippen molar-refractivity contribution in [3.05, 3.63) is 47.5 Å². The van der Waals surface area contributed by atoms with E-state index in [0.717, 1.165) is 32.7 Å². The summed E-state index contributed by atoms with van der Waals surface area (Å²) in [5, 5.41) is 0.655. The molecule has 0 N–H and O–H groups in total. The van der Waals surface area contributed by atoms with E-state index in [9.17, 15) is 4.79 Å². The molecule has 0 atom stereocenters. The highest BCUT2D eigenvalue weighted by atomic mass is 35.5. The third kappa shape index (κ3) is 3.12. The minimum atomic E-state index is 0.0879. The van der Waals surface area contributed by atoms with E-state index in [4.69, 9.17) is 11.6 Å². The van der Waals surface area contributed by atoms with Crippen LogP contribution in [0.2, 0.25) is 5.02 Å². The fourth-order valence-electron chi connectivity index (χ4n) is 2.09. The normalized spacial score (nSPS) is 16.6. The van der Waals surface area contributed by atoms with Gasteiger partial charge in [0.2, 0.25) is 0 Å². The highest BCUT2D eigenvalue weighted by molar-refractivity contribution is 6.30. The Morgan fingerprint density at radius 1 is 1.22 bits per heavy atom. The van der Waals surface area contributed by atoms with Crippen LogP contribution >= 0.6 is 11.6 Å². The van der Waals surface area contributed by atoms with Crippen LogP contribution < -0.4 is 0 Å². The first-order valence-corrected chi connectivity index (χ1v) is 6.46. The van der Waals surface area contributed by atoms with Crippen molar-refractivity contribution in [2.45, 2.75) is 0 Å². The number of hydrogen-bond acceptors (Lipinski definition) is 2. The van der Waals surface area contributed by atoms with Crippen LogP contribution in [0.25, 0.3) is 0 Å². The van der Waals surface area contributed by atoms with Gasteiger partial charge in [0, 0.05) is 43.3 Å². The molecule has 1 fully saturated rings. The number of carbonyl (C=O) groups excluding carboxylic acids is 1. The van der Waals surface area contributed by atoms with Crippen LogP contribution in [0.3, 0.4) is 0 Å². The van der Waals surface area contributed by atoms with Crippen LogP contribution in [0.1, 0.15) is 10.4 Å². The molecular formula is C14H17ClN2O. The lowest BCUT2D eigenvalue weighted by atomic mass is 10.2. The van der Waals surface area contributed by atoms with Gasteiger partial charge >= 0.3 is 0 Å². The zero-order valence-electron chi connectivity index (χ0n) is 10.3. The lowest BCUT2D eigenvalue weighted by molar-refractivity contribution is 0.0650. The molecule has 0 unspecified atom stereocenters. The van der Waals surface area contributed by atoms with E-state index in [0.29, 0.717) is 10.6 Å². The molecule has 1 saturated heterocycles. The van der Waals surface area contributed by atoms with E-state index < -0.39 is 0 Å². The average molecular weight is 265 g/mol. The molecule has 1 amide bonds. The minimum Gasteiger partial charge on any atom is -0.336 e. The van der Waals surface area contributed by atoms with Gasteiger partial charge < -0.3 is 4.90 Å². The number of carbonyl (C=O) groups is 1. The van der Waals surface area contributed by atoms with Crippen LogP contribution in [0.15, 0.2) is 36.9 Å². The van der Waals surface area contributed by atoms with Gasteiger partial charge in [-0.3, -0.25) is 9.69 Å². The molecule has 18 heavy (non-hydrogen) atoms. The summed E-state index contributed by atoms with van der Waals surface area (Å²) >= 11 is 5.82. The molecule has 0 saturated carbocycles. The van der Waals surface area contributed by atoms with Gasteiger partial charge in [0.25, 0.3) is 5.91 Å². The highest BCUT2D eigenvalue weighted by Gasteiger charge is 2.21. The van der Waals surface area contributed by atoms with Crippen molar-refractivity contribution in [3.8, 4) is 0 Å². The minimum absolute atomic E-state index is 0.0879. The van der Waals surface area contributed by atoms with Crippen LogP contribution in [0, 0.1) is 0 Å². The average Bonchev–Trinajstić information content (AvgIpc) is 2.40. The van der Waals surface area contributed by atoms with Gasteiger partial charge in [0.1, 0.15) is 0 Å². The van der Waals surface area contributed by atoms with E-state index in [1.807, 2.05) is 11.0 Å². The number of halogens is 1. The molecule has 1 aromatic rings. The van der Waals surface area contributed by atoms with Gasteiger partial charge in [-0.05, 0) is 24.3 Å². The summed E-state index contributed by atoms with van der Waals surface area (Å²) in [7, 11) is 0. The van der Waals surface area contributed by atoms with Gasteiger partial charge in [-0.2, -0.15) is 0 Å². The summed E-state index contributed by atoms with van der Waals surface area (Å²) in [4.78, 5) is 16.4. The first kappa shape index (κ1) is 13.1. The maximum Gasteiger partial charge on any atom is 0.253 e. The second-order valence-corrected chi connectivity index (χ2v) is 4.82. The molecule has 96 valence electrons. The van der Waals surface area contributed by atoms with Crippen molar-refractivity contribution in [2.75, 3.05) is 32.7 Å². The Hall–Kier alpha value is -1.32. The fourth-order valence-corrected chi connectivity index (χ4v) is 2.22. The Morgan fingerprint density at radius 3 is 2.39 bits per heavy atom. The number of piperazine rings is 1. The first-order chi connectivity index (χ1) is 8.70. The first-order valence-electron chi connectivity index (χ1n) is 6.09. The third-order valence-corrected chi connectivity index (χ3v) is 3.39. The van der Waals surface area contributed by atoms with Crippen molar-refractivity contribution in [1.82, 2.24) is 9.80 Å². The SMILES string of the molecule is C=CCN1CCN(C(=O)c2ccc(Cl)cc2)CC1. The number of nitrogens with zero attached hydrogens (tertiary/aromatic N) is 2.